The molecule has 1 fully saturated rings. The molecule has 23 heavy (non-hydrogen) atoms. The summed E-state index contributed by atoms with van der Waals surface area (Å²) < 4.78 is 5.10. The first-order chi connectivity index (χ1) is 10.8. The standard InChI is InChI=1S/C16H20Cl2N2O3/c1-9-4-3-5-10(2)20(9)14(21)8-23-16(22)12-6-11(17)7-13(18)15(12)19/h6-7,9-10H,3-5,8,19H2,1-2H3/t9-,10+. The lowest BCUT2D eigenvalue weighted by Crippen LogP contribution is -2.49. The van der Waals surface area contributed by atoms with Crippen molar-refractivity contribution >= 4 is 40.8 Å². The topological polar surface area (TPSA) is 72.6 Å². The maximum atomic E-state index is 12.3. The molecule has 0 bridgehead atoms. The van der Waals surface area contributed by atoms with Crippen LogP contribution in [0.15, 0.2) is 12.1 Å². The molecule has 0 spiro atoms. The van der Waals surface area contributed by atoms with E-state index < -0.39 is 5.97 Å². The Morgan fingerprint density at radius 1 is 1.26 bits per heavy atom. The number of benzene rings is 1. The average molecular weight is 359 g/mol. The summed E-state index contributed by atoms with van der Waals surface area (Å²) >= 11 is 11.8. The van der Waals surface area contributed by atoms with Gasteiger partial charge in [-0.05, 0) is 45.2 Å². The largest absolute Gasteiger partial charge is 0.452 e. The molecule has 7 heteroatoms. The third-order valence-electron chi connectivity index (χ3n) is 4.12. The summed E-state index contributed by atoms with van der Waals surface area (Å²) in [5.74, 6) is -0.915. The minimum Gasteiger partial charge on any atom is -0.452 e. The van der Waals surface area contributed by atoms with Gasteiger partial charge in [-0.3, -0.25) is 4.79 Å². The number of hydrogen-bond acceptors (Lipinski definition) is 4. The molecule has 0 aromatic heterocycles. The van der Waals surface area contributed by atoms with Crippen LogP contribution in [0.3, 0.4) is 0 Å². The summed E-state index contributed by atoms with van der Waals surface area (Å²) in [6, 6.07) is 3.12. The van der Waals surface area contributed by atoms with Crippen molar-refractivity contribution in [2.24, 2.45) is 0 Å². The maximum absolute atomic E-state index is 12.3. The van der Waals surface area contributed by atoms with Crippen LogP contribution >= 0.6 is 23.2 Å². The van der Waals surface area contributed by atoms with E-state index in [9.17, 15) is 9.59 Å². The Balaban J connectivity index is 2.03. The van der Waals surface area contributed by atoms with E-state index in [1.165, 1.54) is 12.1 Å². The number of ether oxygens (including phenoxy) is 1. The Morgan fingerprint density at radius 2 is 1.87 bits per heavy atom. The Bertz CT molecular complexity index is 612. The third-order valence-corrected chi connectivity index (χ3v) is 4.65. The minimum atomic E-state index is -0.711. The fourth-order valence-corrected chi connectivity index (χ4v) is 3.44. The van der Waals surface area contributed by atoms with Gasteiger partial charge in [0, 0.05) is 17.1 Å². The number of carbonyl (C=O) groups is 2. The smallest absolute Gasteiger partial charge is 0.340 e. The van der Waals surface area contributed by atoms with Gasteiger partial charge in [0.15, 0.2) is 6.61 Å². The SMILES string of the molecule is C[C@@H]1CCC[C@H](C)N1C(=O)COC(=O)c1cc(Cl)cc(Cl)c1N. The molecule has 0 aliphatic carbocycles. The number of esters is 1. The van der Waals surface area contributed by atoms with Gasteiger partial charge in [-0.1, -0.05) is 23.2 Å². The zero-order valence-electron chi connectivity index (χ0n) is 13.1. The number of nitrogen functional groups attached to an aromatic ring is 1. The van der Waals surface area contributed by atoms with E-state index >= 15 is 0 Å². The van der Waals surface area contributed by atoms with Crippen LogP contribution in [-0.2, 0) is 9.53 Å². The van der Waals surface area contributed by atoms with Gasteiger partial charge in [-0.2, -0.15) is 0 Å². The zero-order chi connectivity index (χ0) is 17.1. The van der Waals surface area contributed by atoms with Gasteiger partial charge in [-0.15, -0.1) is 0 Å². The van der Waals surface area contributed by atoms with Crippen molar-refractivity contribution in [3.8, 4) is 0 Å². The number of anilines is 1. The highest BCUT2D eigenvalue weighted by Crippen LogP contribution is 2.28. The molecule has 1 aromatic rings. The molecular weight excluding hydrogens is 339 g/mol. The second kappa shape index (κ2) is 7.41. The lowest BCUT2D eigenvalue weighted by atomic mass is 9.97. The van der Waals surface area contributed by atoms with Crippen molar-refractivity contribution in [1.29, 1.82) is 0 Å². The van der Waals surface area contributed by atoms with Gasteiger partial charge in [0.2, 0.25) is 0 Å². The summed E-state index contributed by atoms with van der Waals surface area (Å²) in [7, 11) is 0. The van der Waals surface area contributed by atoms with Crippen molar-refractivity contribution < 1.29 is 14.3 Å². The second-order valence-electron chi connectivity index (χ2n) is 5.85. The Morgan fingerprint density at radius 3 is 2.48 bits per heavy atom. The van der Waals surface area contributed by atoms with E-state index in [-0.39, 0.29) is 45.9 Å². The van der Waals surface area contributed by atoms with Crippen LogP contribution in [0, 0.1) is 0 Å². The van der Waals surface area contributed by atoms with Crippen LogP contribution in [0.1, 0.15) is 43.5 Å². The van der Waals surface area contributed by atoms with Gasteiger partial charge < -0.3 is 15.4 Å². The molecule has 2 atom stereocenters. The van der Waals surface area contributed by atoms with Crippen molar-refractivity contribution in [2.75, 3.05) is 12.3 Å². The summed E-state index contributed by atoms with van der Waals surface area (Å²) in [5, 5.41) is 0.454. The quantitative estimate of drug-likeness (QED) is 0.662. The van der Waals surface area contributed by atoms with E-state index in [1.807, 2.05) is 13.8 Å². The first kappa shape index (κ1) is 17.9. The highest BCUT2D eigenvalue weighted by molar-refractivity contribution is 6.37. The van der Waals surface area contributed by atoms with E-state index in [2.05, 4.69) is 0 Å². The number of hydrogen-bond donors (Lipinski definition) is 1. The first-order valence-corrected chi connectivity index (χ1v) is 8.29. The number of nitrogens with two attached hydrogens (primary N) is 1. The zero-order valence-corrected chi connectivity index (χ0v) is 14.7. The predicted molar refractivity (Wildman–Crippen MR) is 90.8 cm³/mol. The number of nitrogens with zero attached hydrogens (tertiary/aromatic N) is 1. The van der Waals surface area contributed by atoms with Gasteiger partial charge in [0.25, 0.3) is 5.91 Å². The van der Waals surface area contributed by atoms with Gasteiger partial charge in [-0.25, -0.2) is 4.79 Å². The second-order valence-corrected chi connectivity index (χ2v) is 6.70. The van der Waals surface area contributed by atoms with Gasteiger partial charge in [0.1, 0.15) is 0 Å². The molecular formula is C16H20Cl2N2O3. The summed E-state index contributed by atoms with van der Waals surface area (Å²) in [4.78, 5) is 26.3. The first-order valence-electron chi connectivity index (χ1n) is 7.54. The molecule has 1 aromatic carbocycles. The Labute approximate surface area is 145 Å². The molecule has 126 valence electrons. The molecule has 0 radical (unpaired) electrons. The van der Waals surface area contributed by atoms with Crippen LogP contribution < -0.4 is 5.73 Å². The normalized spacial score (nSPS) is 21.1. The van der Waals surface area contributed by atoms with E-state index in [4.69, 9.17) is 33.7 Å². The summed E-state index contributed by atoms with van der Waals surface area (Å²) in [6.07, 6.45) is 3.02. The number of rotatable bonds is 3. The molecule has 1 aliphatic heterocycles. The van der Waals surface area contributed by atoms with Crippen molar-refractivity contribution in [1.82, 2.24) is 4.90 Å². The molecule has 5 nitrogen and oxygen atoms in total. The fourth-order valence-electron chi connectivity index (χ4n) is 2.95. The number of halogens is 2. The molecule has 2 rings (SSSR count). The number of likely N-dealkylation sites (tertiary alicyclic amines) is 1. The predicted octanol–water partition coefficient (Wildman–Crippen LogP) is 3.52. The van der Waals surface area contributed by atoms with E-state index in [0.29, 0.717) is 0 Å². The van der Waals surface area contributed by atoms with E-state index in [1.54, 1.807) is 4.90 Å². The van der Waals surface area contributed by atoms with Crippen LogP contribution in [0.25, 0.3) is 0 Å². The summed E-state index contributed by atoms with van der Waals surface area (Å²) in [5.41, 5.74) is 5.91. The lowest BCUT2D eigenvalue weighted by Gasteiger charge is -2.38. The molecule has 2 N–H and O–H groups in total. The molecule has 1 amide bonds. The minimum absolute atomic E-state index is 0.0649. The third kappa shape index (κ3) is 4.09. The average Bonchev–Trinajstić information content (AvgIpc) is 2.48. The summed E-state index contributed by atoms with van der Waals surface area (Å²) in [6.45, 7) is 3.69. The van der Waals surface area contributed by atoms with Gasteiger partial charge in [0.05, 0.1) is 16.3 Å². The van der Waals surface area contributed by atoms with Crippen LogP contribution in [0.4, 0.5) is 5.69 Å². The van der Waals surface area contributed by atoms with Crippen molar-refractivity contribution in [2.45, 2.75) is 45.2 Å². The lowest BCUT2D eigenvalue weighted by molar-refractivity contribution is -0.140. The highest BCUT2D eigenvalue weighted by atomic mass is 35.5. The van der Waals surface area contributed by atoms with Crippen LogP contribution in [0.5, 0.6) is 0 Å². The maximum Gasteiger partial charge on any atom is 0.340 e. The number of amides is 1. The van der Waals surface area contributed by atoms with E-state index in [0.717, 1.165) is 19.3 Å². The molecule has 1 saturated heterocycles. The molecule has 1 heterocycles. The van der Waals surface area contributed by atoms with Crippen LogP contribution in [-0.4, -0.2) is 35.5 Å². The molecule has 0 unspecified atom stereocenters. The fraction of sp³-hybridized carbons (Fsp3) is 0.500. The van der Waals surface area contributed by atoms with Crippen molar-refractivity contribution in [3.63, 3.8) is 0 Å². The Hall–Kier alpha value is -1.46. The van der Waals surface area contributed by atoms with Gasteiger partial charge >= 0.3 is 5.97 Å². The molecule has 0 saturated carbocycles. The highest BCUT2D eigenvalue weighted by Gasteiger charge is 2.29. The monoisotopic (exact) mass is 358 g/mol. The number of carbonyl (C=O) groups excluding carboxylic acids is 2. The van der Waals surface area contributed by atoms with Crippen molar-refractivity contribution in [3.05, 3.63) is 27.7 Å². The van der Waals surface area contributed by atoms with Crippen LogP contribution in [0.2, 0.25) is 10.0 Å². The Kier molecular flexibility index (Phi) is 5.76. The number of piperidine rings is 1. The molecule has 1 aliphatic rings.